The van der Waals surface area contributed by atoms with Gasteiger partial charge in [0.25, 0.3) is 0 Å². The maximum atomic E-state index is 9.00. The molecule has 0 aromatic rings. The number of alkyl halides is 1. The van der Waals surface area contributed by atoms with Crippen molar-refractivity contribution in [3.05, 3.63) is 23.8 Å². The molecular weight excluding hydrogens is 255 g/mol. The predicted octanol–water partition coefficient (Wildman–Crippen LogP) is 1.03. The van der Waals surface area contributed by atoms with E-state index >= 15 is 0 Å². The first kappa shape index (κ1) is 9.22. The van der Waals surface area contributed by atoms with Crippen LogP contribution in [0.1, 0.15) is 6.42 Å². The van der Waals surface area contributed by atoms with Gasteiger partial charge in [-0.2, -0.15) is 0 Å². The fraction of sp³-hybridized carbons (Fsp3) is 0.500. The van der Waals surface area contributed by atoms with Gasteiger partial charge in [-0.05, 0) is 12.0 Å². The average Bonchev–Trinajstić information content (AvgIpc) is 2.05. The molecule has 62 valence electrons. The second kappa shape index (κ2) is 3.69. The Balaban J connectivity index is 2.75. The van der Waals surface area contributed by atoms with Crippen molar-refractivity contribution in [2.45, 2.75) is 9.84 Å². The molecule has 1 atom stereocenters. The predicted molar refractivity (Wildman–Crippen MR) is 52.8 cm³/mol. The van der Waals surface area contributed by atoms with Gasteiger partial charge in [0, 0.05) is 0 Å². The van der Waals surface area contributed by atoms with Gasteiger partial charge in [-0.15, -0.1) is 0 Å². The smallest absolute Gasteiger partial charge is 0.0679 e. The third-order valence-corrected chi connectivity index (χ3v) is 2.77. The van der Waals surface area contributed by atoms with E-state index < -0.39 is 0 Å². The van der Waals surface area contributed by atoms with Crippen LogP contribution in [0.3, 0.4) is 0 Å². The summed E-state index contributed by atoms with van der Waals surface area (Å²) in [5.41, 5.74) is 0.889. The van der Waals surface area contributed by atoms with Gasteiger partial charge in [-0.1, -0.05) is 40.8 Å². The van der Waals surface area contributed by atoms with Crippen LogP contribution in [0.4, 0.5) is 0 Å². The Kier molecular flexibility index (Phi) is 3.09. The third kappa shape index (κ3) is 2.28. The van der Waals surface area contributed by atoms with E-state index in [1.54, 1.807) is 0 Å². The Bertz CT molecular complexity index is 198. The Hall–Kier alpha value is 0.130. The molecule has 3 heteroatoms. The molecule has 0 bridgehead atoms. The molecule has 0 aromatic carbocycles. The van der Waals surface area contributed by atoms with E-state index in [-0.39, 0.29) is 16.6 Å². The second-order valence-electron chi connectivity index (χ2n) is 2.68. The molecule has 0 fully saturated rings. The summed E-state index contributed by atoms with van der Waals surface area (Å²) in [6.07, 6.45) is 6.64. The Morgan fingerprint density at radius 2 is 2.27 bits per heavy atom. The first-order valence-corrected chi connectivity index (χ1v) is 4.57. The first-order valence-electron chi connectivity index (χ1n) is 3.49. The van der Waals surface area contributed by atoms with Crippen molar-refractivity contribution >= 4 is 22.6 Å². The molecule has 0 spiro atoms. The van der Waals surface area contributed by atoms with Crippen molar-refractivity contribution in [1.29, 1.82) is 0 Å². The molecule has 0 amide bonds. The van der Waals surface area contributed by atoms with E-state index in [2.05, 4.69) is 22.6 Å². The fourth-order valence-electron chi connectivity index (χ4n) is 1.05. The Morgan fingerprint density at radius 1 is 1.55 bits per heavy atom. The van der Waals surface area contributed by atoms with Crippen molar-refractivity contribution in [3.8, 4) is 0 Å². The normalized spacial score (nSPS) is 30.3. The van der Waals surface area contributed by atoms with E-state index in [0.29, 0.717) is 0 Å². The molecule has 0 radical (unpaired) electrons. The van der Waals surface area contributed by atoms with Gasteiger partial charge in [0.2, 0.25) is 0 Å². The lowest BCUT2D eigenvalue weighted by Crippen LogP contribution is -2.24. The molecule has 1 aliphatic carbocycles. The van der Waals surface area contributed by atoms with Gasteiger partial charge in [-0.3, -0.25) is 0 Å². The van der Waals surface area contributed by atoms with E-state index in [9.17, 15) is 0 Å². The minimum atomic E-state index is -0.190. The lowest BCUT2D eigenvalue weighted by Gasteiger charge is -2.23. The molecular formula is C8H11IO2. The number of hydrogen-bond acceptors (Lipinski definition) is 2. The van der Waals surface area contributed by atoms with Crippen LogP contribution in [0.5, 0.6) is 0 Å². The van der Waals surface area contributed by atoms with Gasteiger partial charge < -0.3 is 10.2 Å². The maximum absolute atomic E-state index is 9.00. The largest absolute Gasteiger partial charge is 0.395 e. The van der Waals surface area contributed by atoms with Crippen LogP contribution in [0.25, 0.3) is 0 Å². The molecule has 11 heavy (non-hydrogen) atoms. The molecule has 2 N–H and O–H groups in total. The van der Waals surface area contributed by atoms with Crippen LogP contribution in [0, 0.1) is 0 Å². The molecule has 0 aliphatic heterocycles. The summed E-state index contributed by atoms with van der Waals surface area (Å²) in [4.78, 5) is 0. The van der Waals surface area contributed by atoms with Crippen molar-refractivity contribution in [2.75, 3.05) is 13.2 Å². The topological polar surface area (TPSA) is 40.5 Å². The van der Waals surface area contributed by atoms with Gasteiger partial charge in [0.15, 0.2) is 0 Å². The van der Waals surface area contributed by atoms with Crippen LogP contribution in [-0.2, 0) is 0 Å². The fourth-order valence-corrected chi connectivity index (χ4v) is 1.71. The standard InChI is InChI=1S/C8H11IO2/c9-8(6-11)3-1-2-7(4-8)5-10/h1-2,4,10-11H,3,5-6H2/t8-/m1/s1. The van der Waals surface area contributed by atoms with Gasteiger partial charge in [0.05, 0.1) is 16.6 Å². The van der Waals surface area contributed by atoms with Crippen molar-refractivity contribution < 1.29 is 10.2 Å². The number of halogens is 1. The van der Waals surface area contributed by atoms with Crippen LogP contribution in [0.15, 0.2) is 23.8 Å². The van der Waals surface area contributed by atoms with E-state index in [0.717, 1.165) is 12.0 Å². The van der Waals surface area contributed by atoms with E-state index in [1.165, 1.54) is 0 Å². The maximum Gasteiger partial charge on any atom is 0.0679 e. The summed E-state index contributed by atoms with van der Waals surface area (Å²) in [6, 6.07) is 0. The molecule has 0 heterocycles. The monoisotopic (exact) mass is 266 g/mol. The van der Waals surface area contributed by atoms with E-state index in [4.69, 9.17) is 10.2 Å². The summed E-state index contributed by atoms with van der Waals surface area (Å²) in [5.74, 6) is 0. The molecule has 1 rings (SSSR count). The Labute approximate surface area is 79.8 Å². The molecule has 0 saturated heterocycles. The summed E-state index contributed by atoms with van der Waals surface area (Å²) in [5, 5.41) is 17.8. The lowest BCUT2D eigenvalue weighted by molar-refractivity contribution is 0.273. The van der Waals surface area contributed by atoms with Crippen LogP contribution < -0.4 is 0 Å². The molecule has 0 aromatic heterocycles. The number of aliphatic hydroxyl groups is 2. The van der Waals surface area contributed by atoms with Crippen molar-refractivity contribution in [2.24, 2.45) is 0 Å². The van der Waals surface area contributed by atoms with Gasteiger partial charge in [-0.25, -0.2) is 0 Å². The van der Waals surface area contributed by atoms with Crippen molar-refractivity contribution in [3.63, 3.8) is 0 Å². The minimum absolute atomic E-state index is 0.0568. The summed E-state index contributed by atoms with van der Waals surface area (Å²) in [7, 11) is 0. The third-order valence-electron chi connectivity index (χ3n) is 1.68. The van der Waals surface area contributed by atoms with Crippen LogP contribution >= 0.6 is 22.6 Å². The zero-order valence-electron chi connectivity index (χ0n) is 6.13. The minimum Gasteiger partial charge on any atom is -0.395 e. The quantitative estimate of drug-likeness (QED) is 0.579. The Morgan fingerprint density at radius 3 is 2.82 bits per heavy atom. The average molecular weight is 266 g/mol. The van der Waals surface area contributed by atoms with Crippen molar-refractivity contribution in [1.82, 2.24) is 0 Å². The molecule has 2 nitrogen and oxygen atoms in total. The number of rotatable bonds is 2. The highest BCUT2D eigenvalue weighted by Crippen LogP contribution is 2.29. The van der Waals surface area contributed by atoms with Gasteiger partial charge in [0.1, 0.15) is 0 Å². The van der Waals surface area contributed by atoms with Crippen LogP contribution in [0.2, 0.25) is 0 Å². The van der Waals surface area contributed by atoms with E-state index in [1.807, 2.05) is 18.2 Å². The molecule has 0 saturated carbocycles. The molecule has 0 unspecified atom stereocenters. The second-order valence-corrected chi connectivity index (χ2v) is 4.82. The molecule has 1 aliphatic rings. The highest BCUT2D eigenvalue weighted by Gasteiger charge is 2.23. The SMILES string of the molecule is OCC1=C[C@@](I)(CO)CC=C1. The summed E-state index contributed by atoms with van der Waals surface area (Å²) in [6.45, 7) is 0.183. The first-order chi connectivity index (χ1) is 5.20. The highest BCUT2D eigenvalue weighted by atomic mass is 127. The number of aliphatic hydroxyl groups excluding tert-OH is 2. The summed E-state index contributed by atoms with van der Waals surface area (Å²) < 4.78 is -0.190. The highest BCUT2D eigenvalue weighted by molar-refractivity contribution is 14.1. The van der Waals surface area contributed by atoms with Gasteiger partial charge >= 0.3 is 0 Å². The number of hydrogen-bond donors (Lipinski definition) is 2. The summed E-state index contributed by atoms with van der Waals surface area (Å²) >= 11 is 2.20. The lowest BCUT2D eigenvalue weighted by atomic mass is 9.97. The number of allylic oxidation sites excluding steroid dienone is 1. The zero-order valence-corrected chi connectivity index (χ0v) is 8.28. The van der Waals surface area contributed by atoms with Crippen LogP contribution in [-0.4, -0.2) is 26.8 Å². The zero-order chi connectivity index (χ0) is 8.32.